The van der Waals surface area contributed by atoms with E-state index in [-0.39, 0.29) is 0 Å². The first-order valence-corrected chi connectivity index (χ1v) is 7.33. The van der Waals surface area contributed by atoms with E-state index in [1.807, 2.05) is 6.07 Å². The Hall–Kier alpha value is -0.580. The Balaban J connectivity index is 2.41. The van der Waals surface area contributed by atoms with Gasteiger partial charge in [0.1, 0.15) is 4.32 Å². The third kappa shape index (κ3) is 5.52. The molecule has 0 bridgehead atoms. The molecule has 0 aliphatic heterocycles. The molecule has 17 heavy (non-hydrogen) atoms. The van der Waals surface area contributed by atoms with Crippen LogP contribution in [0, 0.1) is 0 Å². The number of nitrogens with zero attached hydrogens (tertiary/aromatic N) is 1. The average Bonchev–Trinajstić information content (AvgIpc) is 2.37. The summed E-state index contributed by atoms with van der Waals surface area (Å²) in [4.78, 5) is 2.20. The van der Waals surface area contributed by atoms with E-state index in [2.05, 4.69) is 36.1 Å². The first-order chi connectivity index (χ1) is 8.27. The number of thiocarbonyl (C=S) groups is 1. The van der Waals surface area contributed by atoms with E-state index in [9.17, 15) is 0 Å². The van der Waals surface area contributed by atoms with Crippen LogP contribution in [0.25, 0.3) is 0 Å². The number of thioether (sulfide) groups is 1. The monoisotopic (exact) mass is 268 g/mol. The van der Waals surface area contributed by atoms with Crippen LogP contribution < -0.4 is 5.73 Å². The predicted molar refractivity (Wildman–Crippen MR) is 81.3 cm³/mol. The molecule has 2 nitrogen and oxygen atoms in total. The van der Waals surface area contributed by atoms with Gasteiger partial charge in [0, 0.05) is 25.4 Å². The molecule has 1 rings (SSSR count). The second-order valence-corrected chi connectivity index (χ2v) is 5.43. The van der Waals surface area contributed by atoms with Gasteiger partial charge >= 0.3 is 0 Å². The smallest absolute Gasteiger partial charge is 0.136 e. The average molecular weight is 268 g/mol. The van der Waals surface area contributed by atoms with Crippen molar-refractivity contribution >= 4 is 28.3 Å². The molecular formula is C13H20N2S2. The van der Waals surface area contributed by atoms with Crippen molar-refractivity contribution in [1.29, 1.82) is 0 Å². The summed E-state index contributed by atoms with van der Waals surface area (Å²) < 4.78 is 0.959. The summed E-state index contributed by atoms with van der Waals surface area (Å²) in [6.45, 7) is 4.67. The molecule has 0 aromatic heterocycles. The molecule has 0 spiro atoms. The molecule has 0 aliphatic rings. The van der Waals surface area contributed by atoms with E-state index in [0.29, 0.717) is 6.54 Å². The van der Waals surface area contributed by atoms with Crippen LogP contribution in [0.1, 0.15) is 18.9 Å². The molecule has 94 valence electrons. The Bertz CT molecular complexity index is 321. The highest BCUT2D eigenvalue weighted by Gasteiger charge is 2.08. The second kappa shape index (κ2) is 8.50. The molecule has 1 aromatic carbocycles. The van der Waals surface area contributed by atoms with Gasteiger partial charge in [0.2, 0.25) is 0 Å². The Morgan fingerprint density at radius 1 is 1.29 bits per heavy atom. The standard InChI is InChI=1S/C13H20N2S2/c1-2-9-15(10-8-14)13(16)17-11-12-6-4-3-5-7-12/h3-7H,2,8-11,14H2,1H3. The Morgan fingerprint density at radius 3 is 2.59 bits per heavy atom. The lowest BCUT2D eigenvalue weighted by Gasteiger charge is -2.23. The number of rotatable bonds is 6. The minimum absolute atomic E-state index is 0.659. The highest BCUT2D eigenvalue weighted by molar-refractivity contribution is 8.22. The van der Waals surface area contributed by atoms with Gasteiger partial charge < -0.3 is 10.6 Å². The van der Waals surface area contributed by atoms with E-state index in [0.717, 1.165) is 29.6 Å². The Kier molecular flexibility index (Phi) is 7.24. The van der Waals surface area contributed by atoms with Crippen LogP contribution in [0.5, 0.6) is 0 Å². The van der Waals surface area contributed by atoms with Crippen molar-refractivity contribution in [3.63, 3.8) is 0 Å². The topological polar surface area (TPSA) is 29.3 Å². The quantitative estimate of drug-likeness (QED) is 0.803. The summed E-state index contributed by atoms with van der Waals surface area (Å²) in [5.74, 6) is 0.935. The second-order valence-electron chi connectivity index (χ2n) is 3.82. The van der Waals surface area contributed by atoms with Crippen molar-refractivity contribution < 1.29 is 0 Å². The lowest BCUT2D eigenvalue weighted by Crippen LogP contribution is -2.33. The van der Waals surface area contributed by atoms with E-state index in [1.54, 1.807) is 11.8 Å². The molecule has 4 heteroatoms. The van der Waals surface area contributed by atoms with Gasteiger partial charge in [-0.05, 0) is 12.0 Å². The summed E-state index contributed by atoms with van der Waals surface area (Å²) in [5.41, 5.74) is 6.90. The zero-order valence-electron chi connectivity index (χ0n) is 10.3. The Labute approximate surface area is 114 Å². The summed E-state index contributed by atoms with van der Waals surface area (Å²) in [7, 11) is 0. The van der Waals surface area contributed by atoms with E-state index >= 15 is 0 Å². The third-order valence-corrected chi connectivity index (χ3v) is 3.95. The summed E-state index contributed by atoms with van der Waals surface area (Å²) in [6, 6.07) is 10.4. The van der Waals surface area contributed by atoms with Crippen molar-refractivity contribution in [2.75, 3.05) is 19.6 Å². The fraction of sp³-hybridized carbons (Fsp3) is 0.462. The zero-order chi connectivity index (χ0) is 12.5. The van der Waals surface area contributed by atoms with E-state index in [1.165, 1.54) is 5.56 Å². The van der Waals surface area contributed by atoms with Gasteiger partial charge in [-0.25, -0.2) is 0 Å². The molecule has 0 heterocycles. The Morgan fingerprint density at radius 2 is 2.00 bits per heavy atom. The lowest BCUT2D eigenvalue weighted by molar-refractivity contribution is 0.441. The van der Waals surface area contributed by atoms with Gasteiger partial charge in [-0.15, -0.1) is 0 Å². The molecule has 0 radical (unpaired) electrons. The first kappa shape index (κ1) is 14.5. The van der Waals surface area contributed by atoms with Crippen LogP contribution in [0.3, 0.4) is 0 Å². The molecule has 0 aliphatic carbocycles. The molecule has 1 aromatic rings. The van der Waals surface area contributed by atoms with Crippen molar-refractivity contribution in [3.05, 3.63) is 35.9 Å². The molecular weight excluding hydrogens is 248 g/mol. The van der Waals surface area contributed by atoms with Crippen LogP contribution in [0.15, 0.2) is 30.3 Å². The van der Waals surface area contributed by atoms with Crippen LogP contribution >= 0.6 is 24.0 Å². The molecule has 0 unspecified atom stereocenters. The van der Waals surface area contributed by atoms with Gasteiger partial charge in [0.15, 0.2) is 0 Å². The van der Waals surface area contributed by atoms with E-state index < -0.39 is 0 Å². The SMILES string of the molecule is CCCN(CCN)C(=S)SCc1ccccc1. The minimum atomic E-state index is 0.659. The van der Waals surface area contributed by atoms with Crippen molar-refractivity contribution in [3.8, 4) is 0 Å². The lowest BCUT2D eigenvalue weighted by atomic mass is 10.2. The molecule has 0 fully saturated rings. The van der Waals surface area contributed by atoms with Crippen molar-refractivity contribution in [2.24, 2.45) is 5.73 Å². The molecule has 0 atom stereocenters. The number of benzene rings is 1. The normalized spacial score (nSPS) is 10.2. The molecule has 2 N–H and O–H groups in total. The maximum Gasteiger partial charge on any atom is 0.136 e. The first-order valence-electron chi connectivity index (χ1n) is 5.93. The molecule has 0 saturated heterocycles. The van der Waals surface area contributed by atoms with Crippen molar-refractivity contribution in [2.45, 2.75) is 19.1 Å². The highest BCUT2D eigenvalue weighted by atomic mass is 32.2. The maximum absolute atomic E-state index is 5.59. The third-order valence-electron chi connectivity index (χ3n) is 2.36. The summed E-state index contributed by atoms with van der Waals surface area (Å²) in [6.07, 6.45) is 1.10. The number of hydrogen-bond donors (Lipinski definition) is 1. The fourth-order valence-corrected chi connectivity index (χ4v) is 2.74. The summed E-state index contributed by atoms with van der Waals surface area (Å²) >= 11 is 7.16. The van der Waals surface area contributed by atoms with Crippen LogP contribution in [0.2, 0.25) is 0 Å². The largest absolute Gasteiger partial charge is 0.356 e. The van der Waals surface area contributed by atoms with Crippen LogP contribution in [0.4, 0.5) is 0 Å². The summed E-state index contributed by atoms with van der Waals surface area (Å²) in [5, 5.41) is 0. The predicted octanol–water partition coefficient (Wildman–Crippen LogP) is 2.88. The van der Waals surface area contributed by atoms with Gasteiger partial charge in [-0.2, -0.15) is 0 Å². The maximum atomic E-state index is 5.59. The van der Waals surface area contributed by atoms with E-state index in [4.69, 9.17) is 18.0 Å². The van der Waals surface area contributed by atoms with Crippen LogP contribution in [-0.4, -0.2) is 28.9 Å². The number of nitrogens with two attached hydrogens (primary N) is 1. The number of hydrogen-bond acceptors (Lipinski definition) is 3. The molecule has 0 amide bonds. The van der Waals surface area contributed by atoms with Gasteiger partial charge in [-0.3, -0.25) is 0 Å². The highest BCUT2D eigenvalue weighted by Crippen LogP contribution is 2.16. The fourth-order valence-electron chi connectivity index (χ4n) is 1.53. The zero-order valence-corrected chi connectivity index (χ0v) is 11.9. The van der Waals surface area contributed by atoms with Gasteiger partial charge in [-0.1, -0.05) is 61.2 Å². The minimum Gasteiger partial charge on any atom is -0.356 e. The molecule has 0 saturated carbocycles. The van der Waals surface area contributed by atoms with Gasteiger partial charge in [0.25, 0.3) is 0 Å². The van der Waals surface area contributed by atoms with Crippen LogP contribution in [-0.2, 0) is 5.75 Å². The van der Waals surface area contributed by atoms with Gasteiger partial charge in [0.05, 0.1) is 0 Å². The van der Waals surface area contributed by atoms with Crippen molar-refractivity contribution in [1.82, 2.24) is 4.90 Å².